The van der Waals surface area contributed by atoms with Gasteiger partial charge in [-0.3, -0.25) is 9.78 Å². The molecule has 2 aromatic heterocycles. The Kier molecular flexibility index (Phi) is 2.59. The van der Waals surface area contributed by atoms with Crippen molar-refractivity contribution in [1.29, 1.82) is 0 Å². The Morgan fingerprint density at radius 2 is 2.38 bits per heavy atom. The topological polar surface area (TPSA) is 130 Å². The number of fused-ring (bicyclic) bond motifs is 1. The fraction of sp³-hybridized carbons (Fsp3) is 0.375. The monoisotopic (exact) mass is 225 g/mol. The third-order valence-corrected chi connectivity index (χ3v) is 2.12. The zero-order valence-corrected chi connectivity index (χ0v) is 8.29. The molecule has 0 radical (unpaired) electrons. The van der Waals surface area contributed by atoms with Crippen LogP contribution in [0, 0.1) is 0 Å². The van der Waals surface area contributed by atoms with Gasteiger partial charge in [-0.1, -0.05) is 0 Å². The molecule has 0 saturated heterocycles. The SMILES string of the molecule is Nc1nc2ncn(C[C@H](O)CO)c2c(=O)[nH]1. The van der Waals surface area contributed by atoms with Gasteiger partial charge in [0.15, 0.2) is 11.2 Å². The maximum Gasteiger partial charge on any atom is 0.278 e. The molecular weight excluding hydrogens is 214 g/mol. The number of imidazole rings is 1. The van der Waals surface area contributed by atoms with Crippen LogP contribution in [0.25, 0.3) is 11.2 Å². The van der Waals surface area contributed by atoms with Crippen molar-refractivity contribution in [3.63, 3.8) is 0 Å². The van der Waals surface area contributed by atoms with Crippen LogP contribution in [0.1, 0.15) is 0 Å². The summed E-state index contributed by atoms with van der Waals surface area (Å²) in [5.74, 6) is -0.00884. The molecule has 2 aromatic rings. The summed E-state index contributed by atoms with van der Waals surface area (Å²) in [6.07, 6.45) is 0.417. The number of anilines is 1. The lowest BCUT2D eigenvalue weighted by molar-refractivity contribution is 0.0820. The first-order chi connectivity index (χ1) is 7.61. The molecule has 0 unspecified atom stereocenters. The van der Waals surface area contributed by atoms with Crippen LogP contribution in [-0.2, 0) is 6.54 Å². The quantitative estimate of drug-likeness (QED) is 0.480. The predicted octanol–water partition coefficient (Wildman–Crippen LogP) is -1.94. The highest BCUT2D eigenvalue weighted by molar-refractivity contribution is 5.70. The normalized spacial score (nSPS) is 13.1. The highest BCUT2D eigenvalue weighted by Crippen LogP contribution is 2.06. The predicted molar refractivity (Wildman–Crippen MR) is 55.7 cm³/mol. The number of nitrogens with one attached hydrogen (secondary N) is 1. The van der Waals surface area contributed by atoms with Crippen LogP contribution >= 0.6 is 0 Å². The Morgan fingerprint density at radius 3 is 3.06 bits per heavy atom. The zero-order valence-electron chi connectivity index (χ0n) is 8.29. The molecule has 0 aliphatic heterocycles. The first kappa shape index (κ1) is 10.6. The molecule has 0 amide bonds. The van der Waals surface area contributed by atoms with E-state index in [1.165, 1.54) is 10.9 Å². The van der Waals surface area contributed by atoms with E-state index in [2.05, 4.69) is 15.0 Å². The summed E-state index contributed by atoms with van der Waals surface area (Å²) in [5, 5.41) is 18.0. The second-order valence-electron chi connectivity index (χ2n) is 3.36. The summed E-state index contributed by atoms with van der Waals surface area (Å²) in [7, 11) is 0. The molecule has 5 N–H and O–H groups in total. The second kappa shape index (κ2) is 3.91. The zero-order chi connectivity index (χ0) is 11.7. The van der Waals surface area contributed by atoms with Gasteiger partial charge in [0, 0.05) is 0 Å². The Balaban J connectivity index is 2.52. The number of H-pyrrole nitrogens is 1. The number of aliphatic hydroxyl groups is 2. The van der Waals surface area contributed by atoms with Crippen molar-refractivity contribution in [2.24, 2.45) is 0 Å². The van der Waals surface area contributed by atoms with Gasteiger partial charge in [-0.05, 0) is 0 Å². The molecule has 0 spiro atoms. The van der Waals surface area contributed by atoms with Crippen molar-refractivity contribution in [2.75, 3.05) is 12.3 Å². The van der Waals surface area contributed by atoms with Crippen molar-refractivity contribution < 1.29 is 10.2 Å². The smallest absolute Gasteiger partial charge is 0.278 e. The van der Waals surface area contributed by atoms with Crippen molar-refractivity contribution in [3.05, 3.63) is 16.7 Å². The van der Waals surface area contributed by atoms with E-state index in [9.17, 15) is 9.90 Å². The van der Waals surface area contributed by atoms with Crippen LogP contribution in [0.4, 0.5) is 5.95 Å². The van der Waals surface area contributed by atoms with Crippen LogP contribution in [0.2, 0.25) is 0 Å². The lowest BCUT2D eigenvalue weighted by Crippen LogP contribution is -2.22. The summed E-state index contributed by atoms with van der Waals surface area (Å²) in [6.45, 7) is -0.318. The van der Waals surface area contributed by atoms with Gasteiger partial charge in [-0.25, -0.2) is 4.98 Å². The Bertz CT molecular complexity index is 560. The van der Waals surface area contributed by atoms with Crippen LogP contribution in [-0.4, -0.2) is 42.4 Å². The van der Waals surface area contributed by atoms with E-state index in [1.807, 2.05) is 0 Å². The maximum absolute atomic E-state index is 11.6. The fourth-order valence-corrected chi connectivity index (χ4v) is 1.43. The molecule has 86 valence electrons. The van der Waals surface area contributed by atoms with Crippen molar-refractivity contribution in [1.82, 2.24) is 19.5 Å². The molecule has 8 nitrogen and oxygen atoms in total. The minimum absolute atomic E-state index is 0.00884. The highest BCUT2D eigenvalue weighted by atomic mass is 16.3. The molecule has 0 aliphatic carbocycles. The fourth-order valence-electron chi connectivity index (χ4n) is 1.43. The summed E-state index contributed by atoms with van der Waals surface area (Å²) >= 11 is 0. The van der Waals surface area contributed by atoms with E-state index >= 15 is 0 Å². The van der Waals surface area contributed by atoms with E-state index in [1.54, 1.807) is 0 Å². The standard InChI is InChI=1S/C8H11N5O3/c9-8-11-6-5(7(16)12-8)13(3-10-6)1-4(15)2-14/h3-4,14-15H,1-2H2,(H3,9,11,12,16)/t4-/m0/s1. The summed E-state index contributed by atoms with van der Waals surface area (Å²) in [5.41, 5.74) is 5.37. The largest absolute Gasteiger partial charge is 0.394 e. The van der Waals surface area contributed by atoms with Gasteiger partial charge in [0.25, 0.3) is 5.56 Å². The summed E-state index contributed by atoms with van der Waals surface area (Å²) in [6, 6.07) is 0. The molecule has 0 aromatic carbocycles. The Morgan fingerprint density at radius 1 is 1.62 bits per heavy atom. The molecule has 0 saturated carbocycles. The number of aromatic amines is 1. The van der Waals surface area contributed by atoms with Gasteiger partial charge < -0.3 is 20.5 Å². The first-order valence-corrected chi connectivity index (χ1v) is 4.61. The number of rotatable bonds is 3. The van der Waals surface area contributed by atoms with Gasteiger partial charge >= 0.3 is 0 Å². The van der Waals surface area contributed by atoms with Gasteiger partial charge in [-0.2, -0.15) is 4.98 Å². The first-order valence-electron chi connectivity index (χ1n) is 4.61. The lowest BCUT2D eigenvalue weighted by atomic mass is 10.3. The second-order valence-corrected chi connectivity index (χ2v) is 3.36. The molecule has 2 rings (SSSR count). The summed E-state index contributed by atoms with van der Waals surface area (Å²) < 4.78 is 1.42. The minimum Gasteiger partial charge on any atom is -0.394 e. The molecule has 8 heteroatoms. The van der Waals surface area contributed by atoms with Crippen LogP contribution in [0.15, 0.2) is 11.1 Å². The highest BCUT2D eigenvalue weighted by Gasteiger charge is 2.11. The van der Waals surface area contributed by atoms with Crippen molar-refractivity contribution in [2.45, 2.75) is 12.6 Å². The van der Waals surface area contributed by atoms with Gasteiger partial charge in [0.2, 0.25) is 5.95 Å². The number of nitrogen functional groups attached to an aromatic ring is 1. The average Bonchev–Trinajstić information content (AvgIpc) is 2.61. The molecule has 0 aliphatic rings. The van der Waals surface area contributed by atoms with E-state index in [-0.39, 0.29) is 30.3 Å². The molecule has 0 fully saturated rings. The van der Waals surface area contributed by atoms with E-state index in [4.69, 9.17) is 10.8 Å². The third-order valence-electron chi connectivity index (χ3n) is 2.12. The minimum atomic E-state index is -0.950. The Labute approximate surface area is 89.4 Å². The summed E-state index contributed by atoms with van der Waals surface area (Å²) in [4.78, 5) is 21.6. The molecule has 0 bridgehead atoms. The van der Waals surface area contributed by atoms with E-state index in [0.717, 1.165) is 0 Å². The average molecular weight is 225 g/mol. The number of aromatic nitrogens is 4. The van der Waals surface area contributed by atoms with E-state index < -0.39 is 11.7 Å². The number of nitrogens with zero attached hydrogens (tertiary/aromatic N) is 3. The van der Waals surface area contributed by atoms with Crippen LogP contribution in [0.3, 0.4) is 0 Å². The van der Waals surface area contributed by atoms with Gasteiger partial charge in [0.05, 0.1) is 25.6 Å². The van der Waals surface area contributed by atoms with Crippen molar-refractivity contribution in [3.8, 4) is 0 Å². The molecule has 16 heavy (non-hydrogen) atoms. The van der Waals surface area contributed by atoms with Gasteiger partial charge in [0.1, 0.15) is 0 Å². The Hall–Kier alpha value is -1.93. The number of nitrogens with two attached hydrogens (primary N) is 1. The van der Waals surface area contributed by atoms with Crippen LogP contribution in [0.5, 0.6) is 0 Å². The van der Waals surface area contributed by atoms with Crippen molar-refractivity contribution >= 4 is 17.1 Å². The van der Waals surface area contributed by atoms with Gasteiger partial charge in [-0.15, -0.1) is 0 Å². The maximum atomic E-state index is 11.6. The molecule has 1 atom stereocenters. The molecule has 2 heterocycles. The van der Waals surface area contributed by atoms with Crippen LogP contribution < -0.4 is 11.3 Å². The van der Waals surface area contributed by atoms with E-state index in [0.29, 0.717) is 0 Å². The number of hydrogen-bond acceptors (Lipinski definition) is 6. The number of aliphatic hydroxyl groups excluding tert-OH is 2. The molecular formula is C8H11N5O3. The lowest BCUT2D eigenvalue weighted by Gasteiger charge is -2.07. The number of hydrogen-bond donors (Lipinski definition) is 4. The third kappa shape index (κ3) is 1.75.